The molecule has 0 bridgehead atoms. The van der Waals surface area contributed by atoms with E-state index < -0.39 is 0 Å². The predicted octanol–water partition coefficient (Wildman–Crippen LogP) is 4.01. The molecule has 2 nitrogen and oxygen atoms in total. The molecule has 0 radical (unpaired) electrons. The van der Waals surface area contributed by atoms with Gasteiger partial charge in [-0.05, 0) is 54.8 Å². The number of benzene rings is 1. The van der Waals surface area contributed by atoms with Gasteiger partial charge < -0.3 is 9.55 Å². The van der Waals surface area contributed by atoms with Crippen molar-refractivity contribution in [1.29, 1.82) is 0 Å². The van der Waals surface area contributed by atoms with Crippen LogP contribution in [0.1, 0.15) is 12.5 Å². The second kappa shape index (κ2) is 5.27. The lowest BCUT2D eigenvalue weighted by Crippen LogP contribution is -2.09. The predicted molar refractivity (Wildman–Crippen MR) is 79.4 cm³/mol. The fraction of sp³-hybridized carbons (Fsp3) is 0.462. The largest absolute Gasteiger partial charge is 0.331 e. The number of fused-ring (bicyclic) bond motifs is 1. The molecule has 1 aromatic heterocycles. The summed E-state index contributed by atoms with van der Waals surface area (Å²) in [7, 11) is 0. The van der Waals surface area contributed by atoms with Gasteiger partial charge in [0.2, 0.25) is 0 Å². The first kappa shape index (κ1) is 12.7. The van der Waals surface area contributed by atoms with E-state index in [9.17, 15) is 0 Å². The molecule has 0 saturated heterocycles. The fourth-order valence-corrected chi connectivity index (χ4v) is 3.06. The number of hydrogen-bond acceptors (Lipinski definition) is 2. The molecule has 0 amide bonds. The Labute approximate surface area is 111 Å². The van der Waals surface area contributed by atoms with E-state index in [4.69, 9.17) is 12.2 Å². The summed E-state index contributed by atoms with van der Waals surface area (Å²) in [5.41, 5.74) is 3.62. The van der Waals surface area contributed by atoms with E-state index in [-0.39, 0.29) is 0 Å². The van der Waals surface area contributed by atoms with E-state index in [2.05, 4.69) is 47.9 Å². The Morgan fingerprint density at radius 1 is 1.47 bits per heavy atom. The molecule has 4 heteroatoms. The van der Waals surface area contributed by atoms with Crippen molar-refractivity contribution in [3.63, 3.8) is 0 Å². The summed E-state index contributed by atoms with van der Waals surface area (Å²) < 4.78 is 3.05. The van der Waals surface area contributed by atoms with E-state index in [1.165, 1.54) is 16.8 Å². The van der Waals surface area contributed by atoms with Gasteiger partial charge in [-0.25, -0.2) is 0 Å². The number of aryl methyl sites for hydroxylation is 1. The highest BCUT2D eigenvalue weighted by Gasteiger charge is 2.08. The summed E-state index contributed by atoms with van der Waals surface area (Å²) in [6.45, 7) is 5.36. The fourth-order valence-electron chi connectivity index (χ4n) is 2.11. The average Bonchev–Trinajstić information content (AvgIpc) is 2.55. The number of hydrogen-bond donors (Lipinski definition) is 1. The van der Waals surface area contributed by atoms with Crippen LogP contribution < -0.4 is 0 Å². The van der Waals surface area contributed by atoms with Crippen LogP contribution in [0.3, 0.4) is 0 Å². The Morgan fingerprint density at radius 2 is 2.24 bits per heavy atom. The van der Waals surface area contributed by atoms with Crippen molar-refractivity contribution in [1.82, 2.24) is 9.55 Å². The molecule has 1 aromatic carbocycles. The number of nitrogens with one attached hydrogen (secondary N) is 1. The van der Waals surface area contributed by atoms with Gasteiger partial charge in [0.15, 0.2) is 4.77 Å². The van der Waals surface area contributed by atoms with Crippen LogP contribution in [0.15, 0.2) is 18.2 Å². The van der Waals surface area contributed by atoms with Gasteiger partial charge in [0.25, 0.3) is 0 Å². The minimum atomic E-state index is 0.636. The number of imidazole rings is 1. The number of rotatable bonds is 4. The van der Waals surface area contributed by atoms with Crippen LogP contribution in [-0.4, -0.2) is 21.6 Å². The van der Waals surface area contributed by atoms with Crippen LogP contribution in [0.5, 0.6) is 0 Å². The number of H-pyrrole nitrogens is 1. The van der Waals surface area contributed by atoms with Gasteiger partial charge in [-0.3, -0.25) is 0 Å². The molecule has 2 aromatic rings. The summed E-state index contributed by atoms with van der Waals surface area (Å²) in [5.74, 6) is 1.80. The minimum absolute atomic E-state index is 0.636. The summed E-state index contributed by atoms with van der Waals surface area (Å²) in [6.07, 6.45) is 2.15. The van der Waals surface area contributed by atoms with Crippen molar-refractivity contribution in [2.75, 3.05) is 12.0 Å². The first-order chi connectivity index (χ1) is 8.11. The molecule has 1 atom stereocenters. The van der Waals surface area contributed by atoms with Crippen LogP contribution in [0, 0.1) is 17.6 Å². The highest BCUT2D eigenvalue weighted by Crippen LogP contribution is 2.18. The molecular formula is C13H18N2S2. The molecule has 0 spiro atoms. The number of aromatic nitrogens is 2. The zero-order chi connectivity index (χ0) is 12.4. The van der Waals surface area contributed by atoms with Crippen molar-refractivity contribution >= 4 is 35.0 Å². The lowest BCUT2D eigenvalue weighted by molar-refractivity contribution is 0.537. The molecule has 92 valence electrons. The second-order valence-electron chi connectivity index (χ2n) is 4.62. The van der Waals surface area contributed by atoms with E-state index in [0.717, 1.165) is 16.8 Å². The van der Waals surface area contributed by atoms with Gasteiger partial charge in [-0.2, -0.15) is 11.8 Å². The average molecular weight is 266 g/mol. The highest BCUT2D eigenvalue weighted by atomic mass is 32.2. The number of thioether (sulfide) groups is 1. The Morgan fingerprint density at radius 3 is 2.94 bits per heavy atom. The number of nitrogens with zero attached hydrogens (tertiary/aromatic N) is 1. The van der Waals surface area contributed by atoms with Crippen molar-refractivity contribution < 1.29 is 0 Å². The van der Waals surface area contributed by atoms with Crippen LogP contribution in [0.2, 0.25) is 0 Å². The Hall–Kier alpha value is -0.740. The smallest absolute Gasteiger partial charge is 0.178 e. The van der Waals surface area contributed by atoms with Crippen LogP contribution >= 0.6 is 24.0 Å². The third-order valence-corrected chi connectivity index (χ3v) is 4.10. The van der Waals surface area contributed by atoms with E-state index in [0.29, 0.717) is 5.92 Å². The molecule has 1 unspecified atom stereocenters. The van der Waals surface area contributed by atoms with Crippen LogP contribution in [0.4, 0.5) is 0 Å². The molecule has 1 heterocycles. The van der Waals surface area contributed by atoms with Crippen LogP contribution in [0.25, 0.3) is 11.0 Å². The Balaban J connectivity index is 2.40. The van der Waals surface area contributed by atoms with E-state index in [1.807, 2.05) is 11.8 Å². The summed E-state index contributed by atoms with van der Waals surface area (Å²) in [4.78, 5) is 3.29. The standard InChI is InChI=1S/C13H18N2S2/c1-9-4-5-12-11(6-9)14-13(16)15(12)7-10(2)8-17-3/h4-6,10H,7-8H2,1-3H3,(H,14,16). The summed E-state index contributed by atoms with van der Waals surface area (Å²) >= 11 is 7.29. The third-order valence-electron chi connectivity index (χ3n) is 2.88. The van der Waals surface area contributed by atoms with Crippen molar-refractivity contribution in [2.24, 2.45) is 5.92 Å². The SMILES string of the molecule is CSCC(C)Cn1c(=S)[nH]c2cc(C)ccc21. The first-order valence-electron chi connectivity index (χ1n) is 5.80. The molecule has 2 rings (SSSR count). The van der Waals surface area contributed by atoms with E-state index in [1.54, 1.807) is 0 Å². The molecule has 0 aliphatic carbocycles. The lowest BCUT2D eigenvalue weighted by Gasteiger charge is -2.11. The van der Waals surface area contributed by atoms with Gasteiger partial charge in [0.05, 0.1) is 11.0 Å². The maximum atomic E-state index is 5.40. The first-order valence-corrected chi connectivity index (χ1v) is 7.60. The van der Waals surface area contributed by atoms with Gasteiger partial charge in [-0.15, -0.1) is 0 Å². The van der Waals surface area contributed by atoms with Crippen molar-refractivity contribution in [3.8, 4) is 0 Å². The van der Waals surface area contributed by atoms with Gasteiger partial charge in [0.1, 0.15) is 0 Å². The molecule has 0 aliphatic rings. The normalized spacial score (nSPS) is 13.1. The zero-order valence-electron chi connectivity index (χ0n) is 10.5. The Kier molecular flexibility index (Phi) is 3.94. The van der Waals surface area contributed by atoms with Gasteiger partial charge in [0, 0.05) is 6.54 Å². The van der Waals surface area contributed by atoms with E-state index >= 15 is 0 Å². The third kappa shape index (κ3) is 2.75. The maximum Gasteiger partial charge on any atom is 0.178 e. The van der Waals surface area contributed by atoms with Crippen molar-refractivity contribution in [3.05, 3.63) is 28.5 Å². The molecule has 17 heavy (non-hydrogen) atoms. The summed E-state index contributed by atoms with van der Waals surface area (Å²) in [6, 6.07) is 6.45. The monoisotopic (exact) mass is 266 g/mol. The molecular weight excluding hydrogens is 248 g/mol. The minimum Gasteiger partial charge on any atom is -0.331 e. The topological polar surface area (TPSA) is 20.7 Å². The summed E-state index contributed by atoms with van der Waals surface area (Å²) in [5, 5.41) is 0. The second-order valence-corrected chi connectivity index (χ2v) is 5.92. The molecule has 0 fully saturated rings. The molecule has 0 aliphatic heterocycles. The lowest BCUT2D eigenvalue weighted by atomic mass is 10.2. The van der Waals surface area contributed by atoms with Crippen molar-refractivity contribution in [2.45, 2.75) is 20.4 Å². The maximum absolute atomic E-state index is 5.40. The molecule has 1 N–H and O–H groups in total. The molecule has 0 saturated carbocycles. The number of aromatic amines is 1. The van der Waals surface area contributed by atoms with Crippen LogP contribution in [-0.2, 0) is 6.54 Å². The quantitative estimate of drug-likeness (QED) is 0.844. The zero-order valence-corrected chi connectivity index (χ0v) is 12.1. The Bertz CT molecular complexity index is 568. The van der Waals surface area contributed by atoms with Gasteiger partial charge in [-0.1, -0.05) is 13.0 Å². The van der Waals surface area contributed by atoms with Gasteiger partial charge >= 0.3 is 0 Å². The highest BCUT2D eigenvalue weighted by molar-refractivity contribution is 7.98.